The lowest BCUT2D eigenvalue weighted by Gasteiger charge is -2.14. The summed E-state index contributed by atoms with van der Waals surface area (Å²) >= 11 is 0. The summed E-state index contributed by atoms with van der Waals surface area (Å²) in [5, 5.41) is 3.37. The Morgan fingerprint density at radius 2 is 2.14 bits per heavy atom. The van der Waals surface area contributed by atoms with Gasteiger partial charge in [-0.25, -0.2) is 0 Å². The number of nitrogens with one attached hydrogen (secondary N) is 1. The standard InChI is InChI=1S/C12H26N2/c1-3-13-8-5-4-6-9-14-10-7-12(2)11-14/h12-13H,3-11H2,1-2H3. The van der Waals surface area contributed by atoms with Crippen LogP contribution >= 0.6 is 0 Å². The molecule has 1 saturated heterocycles. The van der Waals surface area contributed by atoms with Gasteiger partial charge < -0.3 is 10.2 Å². The molecular formula is C12H26N2. The molecule has 1 N–H and O–H groups in total. The highest BCUT2D eigenvalue weighted by Gasteiger charge is 2.17. The van der Waals surface area contributed by atoms with E-state index in [-0.39, 0.29) is 0 Å². The van der Waals surface area contributed by atoms with E-state index in [4.69, 9.17) is 0 Å². The van der Waals surface area contributed by atoms with E-state index in [1.807, 2.05) is 0 Å². The molecule has 0 amide bonds. The van der Waals surface area contributed by atoms with Crippen LogP contribution in [0.4, 0.5) is 0 Å². The fourth-order valence-electron chi connectivity index (χ4n) is 2.17. The van der Waals surface area contributed by atoms with Gasteiger partial charge in [0.25, 0.3) is 0 Å². The Balaban J connectivity index is 1.84. The molecule has 0 spiro atoms. The maximum atomic E-state index is 3.37. The number of hydrogen-bond acceptors (Lipinski definition) is 2. The van der Waals surface area contributed by atoms with Crippen LogP contribution in [0.25, 0.3) is 0 Å². The fraction of sp³-hybridized carbons (Fsp3) is 1.00. The molecule has 0 aliphatic carbocycles. The van der Waals surface area contributed by atoms with Crippen LogP contribution in [0.1, 0.15) is 39.5 Å². The first-order valence-corrected chi connectivity index (χ1v) is 6.26. The minimum absolute atomic E-state index is 0.941. The third-order valence-corrected chi connectivity index (χ3v) is 3.09. The van der Waals surface area contributed by atoms with Crippen molar-refractivity contribution in [3.05, 3.63) is 0 Å². The van der Waals surface area contributed by atoms with Gasteiger partial charge in [-0.3, -0.25) is 0 Å². The van der Waals surface area contributed by atoms with E-state index in [0.29, 0.717) is 0 Å². The van der Waals surface area contributed by atoms with Gasteiger partial charge in [0, 0.05) is 6.54 Å². The van der Waals surface area contributed by atoms with Crippen molar-refractivity contribution in [2.24, 2.45) is 5.92 Å². The Kier molecular flexibility index (Phi) is 6.20. The molecule has 1 unspecified atom stereocenters. The second-order valence-electron chi connectivity index (χ2n) is 4.61. The van der Waals surface area contributed by atoms with E-state index in [1.54, 1.807) is 0 Å². The molecule has 14 heavy (non-hydrogen) atoms. The van der Waals surface area contributed by atoms with Gasteiger partial charge in [0.2, 0.25) is 0 Å². The van der Waals surface area contributed by atoms with Gasteiger partial charge in [0.15, 0.2) is 0 Å². The average molecular weight is 198 g/mol. The number of nitrogens with zero attached hydrogens (tertiary/aromatic N) is 1. The minimum Gasteiger partial charge on any atom is -0.317 e. The van der Waals surface area contributed by atoms with Crippen LogP contribution in [0.3, 0.4) is 0 Å². The van der Waals surface area contributed by atoms with Crippen LogP contribution in [0.2, 0.25) is 0 Å². The predicted octanol–water partition coefficient (Wildman–Crippen LogP) is 2.11. The molecule has 1 atom stereocenters. The molecule has 0 aromatic heterocycles. The van der Waals surface area contributed by atoms with Gasteiger partial charge in [-0.2, -0.15) is 0 Å². The molecule has 1 heterocycles. The summed E-state index contributed by atoms with van der Waals surface area (Å²) in [6.07, 6.45) is 5.53. The highest BCUT2D eigenvalue weighted by molar-refractivity contribution is 4.71. The van der Waals surface area contributed by atoms with Gasteiger partial charge in [-0.1, -0.05) is 20.3 Å². The Morgan fingerprint density at radius 3 is 2.79 bits per heavy atom. The minimum atomic E-state index is 0.941. The van der Waals surface area contributed by atoms with Crippen molar-refractivity contribution in [1.82, 2.24) is 10.2 Å². The van der Waals surface area contributed by atoms with E-state index < -0.39 is 0 Å². The topological polar surface area (TPSA) is 15.3 Å². The maximum absolute atomic E-state index is 3.37. The third-order valence-electron chi connectivity index (χ3n) is 3.09. The highest BCUT2D eigenvalue weighted by Crippen LogP contribution is 2.15. The summed E-state index contributed by atoms with van der Waals surface area (Å²) in [6.45, 7) is 10.9. The maximum Gasteiger partial charge on any atom is 0.000750 e. The van der Waals surface area contributed by atoms with Crippen molar-refractivity contribution >= 4 is 0 Å². The van der Waals surface area contributed by atoms with E-state index in [9.17, 15) is 0 Å². The number of hydrogen-bond donors (Lipinski definition) is 1. The molecule has 0 radical (unpaired) electrons. The molecule has 2 nitrogen and oxygen atoms in total. The van der Waals surface area contributed by atoms with Gasteiger partial charge in [-0.15, -0.1) is 0 Å². The smallest absolute Gasteiger partial charge is 0.000750 e. The van der Waals surface area contributed by atoms with Crippen molar-refractivity contribution < 1.29 is 0 Å². The average Bonchev–Trinajstić information content (AvgIpc) is 2.58. The second kappa shape index (κ2) is 7.24. The van der Waals surface area contributed by atoms with E-state index in [2.05, 4.69) is 24.1 Å². The van der Waals surface area contributed by atoms with Crippen molar-refractivity contribution in [3.8, 4) is 0 Å². The van der Waals surface area contributed by atoms with Crippen LogP contribution < -0.4 is 5.32 Å². The molecular weight excluding hydrogens is 172 g/mol. The first-order valence-electron chi connectivity index (χ1n) is 6.26. The van der Waals surface area contributed by atoms with Crippen LogP contribution in [0.5, 0.6) is 0 Å². The molecule has 1 aliphatic rings. The number of unbranched alkanes of at least 4 members (excludes halogenated alkanes) is 2. The summed E-state index contributed by atoms with van der Waals surface area (Å²) < 4.78 is 0. The zero-order valence-corrected chi connectivity index (χ0v) is 9.89. The first-order chi connectivity index (χ1) is 6.83. The van der Waals surface area contributed by atoms with Crippen LogP contribution in [0, 0.1) is 5.92 Å². The fourth-order valence-corrected chi connectivity index (χ4v) is 2.17. The monoisotopic (exact) mass is 198 g/mol. The van der Waals surface area contributed by atoms with E-state index in [0.717, 1.165) is 12.5 Å². The van der Waals surface area contributed by atoms with E-state index >= 15 is 0 Å². The summed E-state index contributed by atoms with van der Waals surface area (Å²) in [4.78, 5) is 2.62. The molecule has 0 bridgehead atoms. The largest absolute Gasteiger partial charge is 0.317 e. The Bertz CT molecular complexity index is 136. The molecule has 0 aromatic carbocycles. The molecule has 1 rings (SSSR count). The normalized spacial score (nSPS) is 23.1. The van der Waals surface area contributed by atoms with Crippen molar-refractivity contribution in [3.63, 3.8) is 0 Å². The Labute approximate surface area is 89.1 Å². The lowest BCUT2D eigenvalue weighted by atomic mass is 10.2. The van der Waals surface area contributed by atoms with Crippen LogP contribution in [0.15, 0.2) is 0 Å². The molecule has 0 aromatic rings. The summed E-state index contributed by atoms with van der Waals surface area (Å²) in [7, 11) is 0. The second-order valence-corrected chi connectivity index (χ2v) is 4.61. The molecule has 1 aliphatic heterocycles. The number of rotatable bonds is 7. The molecule has 2 heteroatoms. The Hall–Kier alpha value is -0.0800. The zero-order valence-electron chi connectivity index (χ0n) is 9.89. The quantitative estimate of drug-likeness (QED) is 0.630. The van der Waals surface area contributed by atoms with Crippen LogP contribution in [-0.2, 0) is 0 Å². The van der Waals surface area contributed by atoms with Gasteiger partial charge in [0.05, 0.1) is 0 Å². The summed E-state index contributed by atoms with van der Waals surface area (Å²) in [5.74, 6) is 0.941. The lowest BCUT2D eigenvalue weighted by molar-refractivity contribution is 0.318. The lowest BCUT2D eigenvalue weighted by Crippen LogP contribution is -2.21. The van der Waals surface area contributed by atoms with Crippen molar-refractivity contribution in [2.45, 2.75) is 39.5 Å². The molecule has 0 saturated carbocycles. The van der Waals surface area contributed by atoms with Crippen molar-refractivity contribution in [2.75, 3.05) is 32.7 Å². The molecule has 1 fully saturated rings. The third kappa shape index (κ3) is 4.97. The van der Waals surface area contributed by atoms with Gasteiger partial charge >= 0.3 is 0 Å². The zero-order chi connectivity index (χ0) is 10.2. The van der Waals surface area contributed by atoms with Gasteiger partial charge in [-0.05, 0) is 51.4 Å². The SMILES string of the molecule is CCNCCCCCN1CCC(C)C1. The first kappa shape index (κ1) is 12.0. The van der Waals surface area contributed by atoms with Crippen LogP contribution in [-0.4, -0.2) is 37.6 Å². The predicted molar refractivity (Wildman–Crippen MR) is 62.6 cm³/mol. The summed E-state index contributed by atoms with van der Waals surface area (Å²) in [5.41, 5.74) is 0. The summed E-state index contributed by atoms with van der Waals surface area (Å²) in [6, 6.07) is 0. The highest BCUT2D eigenvalue weighted by atomic mass is 15.1. The van der Waals surface area contributed by atoms with E-state index in [1.165, 1.54) is 51.9 Å². The number of likely N-dealkylation sites (tertiary alicyclic amines) is 1. The van der Waals surface area contributed by atoms with Gasteiger partial charge in [0.1, 0.15) is 0 Å². The van der Waals surface area contributed by atoms with Crippen molar-refractivity contribution in [1.29, 1.82) is 0 Å². The molecule has 84 valence electrons. The Morgan fingerprint density at radius 1 is 1.29 bits per heavy atom.